The van der Waals surface area contributed by atoms with Crippen molar-refractivity contribution in [3.63, 3.8) is 0 Å². The van der Waals surface area contributed by atoms with E-state index in [0.717, 1.165) is 0 Å². The SMILES string of the molecule is NC(=O)Cn1c(O)c(-c2cccc(Cl)c2)c(=O)[nH]c1=O. The van der Waals surface area contributed by atoms with E-state index in [0.29, 0.717) is 15.2 Å². The highest BCUT2D eigenvalue weighted by Crippen LogP contribution is 2.26. The number of rotatable bonds is 3. The van der Waals surface area contributed by atoms with E-state index in [4.69, 9.17) is 17.3 Å². The van der Waals surface area contributed by atoms with Crippen LogP contribution in [0.15, 0.2) is 33.9 Å². The van der Waals surface area contributed by atoms with Crippen molar-refractivity contribution in [2.75, 3.05) is 0 Å². The summed E-state index contributed by atoms with van der Waals surface area (Å²) in [7, 11) is 0. The number of hydrogen-bond donors (Lipinski definition) is 3. The summed E-state index contributed by atoms with van der Waals surface area (Å²) < 4.78 is 0.681. The van der Waals surface area contributed by atoms with Gasteiger partial charge in [-0.1, -0.05) is 23.7 Å². The highest BCUT2D eigenvalue weighted by Gasteiger charge is 2.17. The van der Waals surface area contributed by atoms with Gasteiger partial charge in [-0.2, -0.15) is 0 Å². The Labute approximate surface area is 117 Å². The number of nitrogens with two attached hydrogens (primary N) is 1. The van der Waals surface area contributed by atoms with Crippen molar-refractivity contribution in [3.8, 4) is 17.0 Å². The van der Waals surface area contributed by atoms with E-state index < -0.39 is 29.6 Å². The van der Waals surface area contributed by atoms with Gasteiger partial charge in [-0.3, -0.25) is 19.1 Å². The summed E-state index contributed by atoms with van der Waals surface area (Å²) >= 11 is 5.82. The van der Waals surface area contributed by atoms with Gasteiger partial charge in [0.25, 0.3) is 5.56 Å². The number of aromatic nitrogens is 2. The molecule has 4 N–H and O–H groups in total. The van der Waals surface area contributed by atoms with E-state index in [1.807, 2.05) is 4.98 Å². The lowest BCUT2D eigenvalue weighted by Crippen LogP contribution is -2.34. The van der Waals surface area contributed by atoms with Gasteiger partial charge in [0.05, 0.1) is 0 Å². The lowest BCUT2D eigenvalue weighted by molar-refractivity contribution is -0.118. The molecular formula is C12H10ClN3O4. The number of carbonyl (C=O) groups excluding carboxylic acids is 1. The molecular weight excluding hydrogens is 286 g/mol. The molecule has 0 bridgehead atoms. The van der Waals surface area contributed by atoms with Crippen molar-refractivity contribution in [2.45, 2.75) is 6.54 Å². The van der Waals surface area contributed by atoms with Gasteiger partial charge in [0.2, 0.25) is 11.8 Å². The van der Waals surface area contributed by atoms with Gasteiger partial charge in [-0.05, 0) is 17.7 Å². The molecule has 0 unspecified atom stereocenters. The van der Waals surface area contributed by atoms with Gasteiger partial charge in [0, 0.05) is 5.02 Å². The Morgan fingerprint density at radius 3 is 2.70 bits per heavy atom. The summed E-state index contributed by atoms with van der Waals surface area (Å²) in [5.41, 5.74) is 3.44. The van der Waals surface area contributed by atoms with Gasteiger partial charge in [0.15, 0.2) is 0 Å². The molecule has 20 heavy (non-hydrogen) atoms. The molecule has 0 aliphatic carbocycles. The van der Waals surface area contributed by atoms with E-state index in [2.05, 4.69) is 0 Å². The number of aromatic hydroxyl groups is 1. The molecule has 0 saturated heterocycles. The molecule has 8 heteroatoms. The summed E-state index contributed by atoms with van der Waals surface area (Å²) in [6.45, 7) is -0.547. The van der Waals surface area contributed by atoms with Crippen LogP contribution in [0, 0.1) is 0 Å². The molecule has 0 aliphatic rings. The average Bonchev–Trinajstić information content (AvgIpc) is 2.34. The molecule has 1 aromatic carbocycles. The van der Waals surface area contributed by atoms with E-state index in [-0.39, 0.29) is 5.56 Å². The molecule has 2 rings (SSSR count). The smallest absolute Gasteiger partial charge is 0.331 e. The van der Waals surface area contributed by atoms with Gasteiger partial charge in [-0.15, -0.1) is 0 Å². The Kier molecular flexibility index (Phi) is 3.62. The third-order valence-electron chi connectivity index (χ3n) is 2.60. The summed E-state index contributed by atoms with van der Waals surface area (Å²) in [6.07, 6.45) is 0. The van der Waals surface area contributed by atoms with Crippen LogP contribution in [-0.4, -0.2) is 20.6 Å². The van der Waals surface area contributed by atoms with Gasteiger partial charge in [0.1, 0.15) is 12.1 Å². The number of amides is 1. The first-order chi connectivity index (χ1) is 9.40. The van der Waals surface area contributed by atoms with Crippen LogP contribution >= 0.6 is 11.6 Å². The van der Waals surface area contributed by atoms with E-state index in [9.17, 15) is 19.5 Å². The fraction of sp³-hybridized carbons (Fsp3) is 0.0833. The summed E-state index contributed by atoms with van der Waals surface area (Å²) in [5, 5.41) is 10.4. The number of nitrogens with one attached hydrogen (secondary N) is 1. The minimum Gasteiger partial charge on any atom is -0.494 e. The number of hydrogen-bond acceptors (Lipinski definition) is 4. The summed E-state index contributed by atoms with van der Waals surface area (Å²) in [4.78, 5) is 36.3. The van der Waals surface area contributed by atoms with Crippen molar-refractivity contribution in [3.05, 3.63) is 50.1 Å². The van der Waals surface area contributed by atoms with Crippen molar-refractivity contribution in [1.82, 2.24) is 9.55 Å². The number of H-pyrrole nitrogens is 1. The van der Waals surface area contributed by atoms with Crippen LogP contribution < -0.4 is 17.0 Å². The third kappa shape index (κ3) is 2.57. The van der Waals surface area contributed by atoms with E-state index >= 15 is 0 Å². The standard InChI is InChI=1S/C12H10ClN3O4/c13-7-3-1-2-6(4-7)9-10(18)15-12(20)16(11(9)19)5-8(14)17/h1-4,19H,5H2,(H2,14,17)(H,15,18,20). The van der Waals surface area contributed by atoms with Gasteiger partial charge in [-0.25, -0.2) is 4.79 Å². The number of nitrogens with zero attached hydrogens (tertiary/aromatic N) is 1. The predicted molar refractivity (Wildman–Crippen MR) is 72.6 cm³/mol. The second-order valence-corrected chi connectivity index (χ2v) is 4.46. The molecule has 1 heterocycles. The first-order valence-electron chi connectivity index (χ1n) is 5.50. The number of aromatic amines is 1. The summed E-state index contributed by atoms with van der Waals surface area (Å²) in [6, 6.07) is 6.16. The van der Waals surface area contributed by atoms with Crippen LogP contribution in [-0.2, 0) is 11.3 Å². The maximum atomic E-state index is 11.8. The Morgan fingerprint density at radius 2 is 2.10 bits per heavy atom. The Hall–Kier alpha value is -2.54. The maximum Gasteiger partial charge on any atom is 0.331 e. The normalized spacial score (nSPS) is 10.4. The quantitative estimate of drug-likeness (QED) is 0.741. The molecule has 2 aromatic rings. The van der Waals surface area contributed by atoms with Crippen molar-refractivity contribution in [2.24, 2.45) is 5.73 Å². The second kappa shape index (κ2) is 5.22. The molecule has 7 nitrogen and oxygen atoms in total. The average molecular weight is 296 g/mol. The topological polar surface area (TPSA) is 118 Å². The Balaban J connectivity index is 2.74. The highest BCUT2D eigenvalue weighted by molar-refractivity contribution is 6.30. The molecule has 0 fully saturated rings. The van der Waals surface area contributed by atoms with Crippen molar-refractivity contribution < 1.29 is 9.90 Å². The largest absolute Gasteiger partial charge is 0.494 e. The zero-order valence-corrected chi connectivity index (χ0v) is 10.8. The van der Waals surface area contributed by atoms with Crippen LogP contribution in [0.1, 0.15) is 0 Å². The lowest BCUT2D eigenvalue weighted by Gasteiger charge is -2.10. The second-order valence-electron chi connectivity index (χ2n) is 4.02. The van der Waals surface area contributed by atoms with Gasteiger partial charge < -0.3 is 10.8 Å². The zero-order chi connectivity index (χ0) is 14.9. The number of halogens is 1. The molecule has 1 amide bonds. The summed E-state index contributed by atoms with van der Waals surface area (Å²) in [5.74, 6) is -1.47. The van der Waals surface area contributed by atoms with E-state index in [1.54, 1.807) is 12.1 Å². The minimum absolute atomic E-state index is 0.159. The molecule has 0 atom stereocenters. The Morgan fingerprint density at radius 1 is 1.40 bits per heavy atom. The molecule has 0 spiro atoms. The first-order valence-corrected chi connectivity index (χ1v) is 5.88. The third-order valence-corrected chi connectivity index (χ3v) is 2.83. The molecule has 104 valence electrons. The minimum atomic E-state index is -0.919. The van der Waals surface area contributed by atoms with Crippen LogP contribution in [0.4, 0.5) is 0 Å². The Bertz CT molecular complexity index is 794. The van der Waals surface area contributed by atoms with Crippen LogP contribution in [0.2, 0.25) is 5.02 Å². The fourth-order valence-electron chi connectivity index (χ4n) is 1.77. The fourth-order valence-corrected chi connectivity index (χ4v) is 1.96. The first kappa shape index (κ1) is 13.9. The van der Waals surface area contributed by atoms with Crippen molar-refractivity contribution in [1.29, 1.82) is 0 Å². The molecule has 0 radical (unpaired) electrons. The molecule has 0 saturated carbocycles. The van der Waals surface area contributed by atoms with Crippen LogP contribution in [0.25, 0.3) is 11.1 Å². The monoisotopic (exact) mass is 295 g/mol. The number of primary amides is 1. The maximum absolute atomic E-state index is 11.8. The van der Waals surface area contributed by atoms with Crippen molar-refractivity contribution >= 4 is 17.5 Å². The molecule has 0 aliphatic heterocycles. The predicted octanol–water partition coefficient (Wildman–Crippen LogP) is 0.0479. The zero-order valence-electron chi connectivity index (χ0n) is 10.1. The van der Waals surface area contributed by atoms with Crippen LogP contribution in [0.3, 0.4) is 0 Å². The van der Waals surface area contributed by atoms with Crippen LogP contribution in [0.5, 0.6) is 5.88 Å². The van der Waals surface area contributed by atoms with Gasteiger partial charge >= 0.3 is 5.69 Å². The number of carbonyl (C=O) groups is 1. The lowest BCUT2D eigenvalue weighted by atomic mass is 10.1. The van der Waals surface area contributed by atoms with E-state index in [1.165, 1.54) is 12.1 Å². The molecule has 1 aromatic heterocycles. The highest BCUT2D eigenvalue weighted by atomic mass is 35.5. The number of benzene rings is 1.